The molecule has 78 valence electrons. The number of hydrogen-bond acceptors (Lipinski definition) is 2. The van der Waals surface area contributed by atoms with Crippen LogP contribution in [0.25, 0.3) is 5.57 Å². The molecule has 0 fully saturated rings. The van der Waals surface area contributed by atoms with E-state index in [1.807, 2.05) is 30.3 Å². The van der Waals surface area contributed by atoms with Crippen LogP contribution in [0.4, 0.5) is 0 Å². The van der Waals surface area contributed by atoms with Crippen LogP contribution in [-0.2, 0) is 4.79 Å². The van der Waals surface area contributed by atoms with Crippen molar-refractivity contribution >= 4 is 11.5 Å². The molecule has 0 spiro atoms. The van der Waals surface area contributed by atoms with Gasteiger partial charge in [-0.05, 0) is 24.6 Å². The highest BCUT2D eigenvalue weighted by molar-refractivity contribution is 5.88. The minimum atomic E-state index is -0.807. The minimum Gasteiger partial charge on any atom is -0.489 e. The highest BCUT2D eigenvalue weighted by Crippen LogP contribution is 2.33. The summed E-state index contributed by atoms with van der Waals surface area (Å²) in [5.41, 5.74) is 1.73. The van der Waals surface area contributed by atoms with Gasteiger partial charge < -0.3 is 9.84 Å². The first-order chi connectivity index (χ1) is 7.20. The number of fused-ring (bicyclic) bond motifs is 1. The number of carboxylic acids is 1. The fourth-order valence-electron chi connectivity index (χ4n) is 1.71. The Morgan fingerprint density at radius 2 is 2.20 bits per heavy atom. The van der Waals surface area contributed by atoms with Crippen LogP contribution >= 0.6 is 0 Å². The van der Waals surface area contributed by atoms with Gasteiger partial charge in [-0.25, -0.2) is 0 Å². The van der Waals surface area contributed by atoms with E-state index in [0.29, 0.717) is 6.61 Å². The van der Waals surface area contributed by atoms with E-state index in [-0.39, 0.29) is 0 Å². The number of ether oxygens (including phenoxy) is 1. The van der Waals surface area contributed by atoms with Crippen molar-refractivity contribution in [3.05, 3.63) is 35.9 Å². The number of benzene rings is 1. The average Bonchev–Trinajstić information content (AvgIpc) is 2.27. The monoisotopic (exact) mass is 204 g/mol. The molecule has 0 aromatic heterocycles. The van der Waals surface area contributed by atoms with Gasteiger partial charge in [0.05, 0.1) is 5.92 Å². The lowest BCUT2D eigenvalue weighted by atomic mass is 9.92. The molecule has 3 heteroatoms. The first kappa shape index (κ1) is 9.77. The second-order valence-corrected chi connectivity index (χ2v) is 3.53. The van der Waals surface area contributed by atoms with Crippen molar-refractivity contribution in [3.63, 3.8) is 0 Å². The summed E-state index contributed by atoms with van der Waals surface area (Å²) in [7, 11) is 0. The molecule has 2 rings (SSSR count). The number of rotatable bonds is 2. The van der Waals surface area contributed by atoms with Gasteiger partial charge in [0.2, 0.25) is 0 Å². The molecule has 15 heavy (non-hydrogen) atoms. The van der Waals surface area contributed by atoms with Crippen molar-refractivity contribution in [2.45, 2.75) is 6.92 Å². The van der Waals surface area contributed by atoms with Crippen LogP contribution in [0.1, 0.15) is 12.5 Å². The van der Waals surface area contributed by atoms with Gasteiger partial charge in [0.25, 0.3) is 0 Å². The highest BCUT2D eigenvalue weighted by atomic mass is 16.5. The van der Waals surface area contributed by atoms with Gasteiger partial charge in [-0.2, -0.15) is 0 Å². The van der Waals surface area contributed by atoms with Crippen LogP contribution in [0.5, 0.6) is 5.75 Å². The smallest absolute Gasteiger partial charge is 0.310 e. The van der Waals surface area contributed by atoms with Crippen molar-refractivity contribution in [2.75, 3.05) is 6.61 Å². The lowest BCUT2D eigenvalue weighted by molar-refractivity contribution is -0.139. The molecule has 1 aromatic rings. The maximum absolute atomic E-state index is 10.9. The summed E-state index contributed by atoms with van der Waals surface area (Å²) in [6.45, 7) is 2.14. The molecule has 1 atom stereocenters. The van der Waals surface area contributed by atoms with Gasteiger partial charge in [0.15, 0.2) is 0 Å². The Morgan fingerprint density at radius 3 is 2.93 bits per heavy atom. The minimum absolute atomic E-state index is 0.448. The molecule has 1 aromatic carbocycles. The SMILES string of the molecule is CC(C(=O)O)C1=CCOc2ccccc21. The Bertz CT molecular complexity index is 421. The summed E-state index contributed by atoms with van der Waals surface area (Å²) in [5.74, 6) is -0.531. The van der Waals surface area contributed by atoms with E-state index in [2.05, 4.69) is 0 Å². The van der Waals surface area contributed by atoms with E-state index < -0.39 is 11.9 Å². The fraction of sp³-hybridized carbons (Fsp3) is 0.250. The molecule has 0 saturated heterocycles. The van der Waals surface area contributed by atoms with E-state index in [9.17, 15) is 4.79 Å². The Kier molecular flexibility index (Phi) is 2.46. The van der Waals surface area contributed by atoms with Crippen LogP contribution in [0, 0.1) is 5.92 Å². The number of carbonyl (C=O) groups is 1. The van der Waals surface area contributed by atoms with Gasteiger partial charge >= 0.3 is 5.97 Å². The summed E-state index contributed by atoms with van der Waals surface area (Å²) in [4.78, 5) is 10.9. The van der Waals surface area contributed by atoms with Gasteiger partial charge in [0, 0.05) is 5.56 Å². The van der Waals surface area contributed by atoms with Crippen molar-refractivity contribution < 1.29 is 14.6 Å². The summed E-state index contributed by atoms with van der Waals surface area (Å²) >= 11 is 0. The second-order valence-electron chi connectivity index (χ2n) is 3.53. The highest BCUT2D eigenvalue weighted by Gasteiger charge is 2.22. The third kappa shape index (κ3) is 1.73. The van der Waals surface area contributed by atoms with Crippen LogP contribution < -0.4 is 4.74 Å². The van der Waals surface area contributed by atoms with Crippen LogP contribution in [0.15, 0.2) is 30.3 Å². The molecular weight excluding hydrogens is 192 g/mol. The normalized spacial score (nSPS) is 15.9. The molecule has 1 aliphatic rings. The van der Waals surface area contributed by atoms with Crippen molar-refractivity contribution in [2.24, 2.45) is 5.92 Å². The summed E-state index contributed by atoms with van der Waals surface area (Å²) < 4.78 is 5.41. The molecule has 0 saturated carbocycles. The Hall–Kier alpha value is -1.77. The molecule has 1 heterocycles. The lowest BCUT2D eigenvalue weighted by Crippen LogP contribution is -2.15. The molecule has 0 amide bonds. The van der Waals surface area contributed by atoms with Crippen molar-refractivity contribution in [1.29, 1.82) is 0 Å². The summed E-state index contributed by atoms with van der Waals surface area (Å²) in [6.07, 6.45) is 1.83. The molecule has 3 nitrogen and oxygen atoms in total. The van der Waals surface area contributed by atoms with E-state index in [1.165, 1.54) is 0 Å². The third-order valence-electron chi connectivity index (χ3n) is 2.58. The van der Waals surface area contributed by atoms with Gasteiger partial charge in [-0.15, -0.1) is 0 Å². The Labute approximate surface area is 88.0 Å². The lowest BCUT2D eigenvalue weighted by Gasteiger charge is -2.20. The van der Waals surface area contributed by atoms with E-state index in [1.54, 1.807) is 6.92 Å². The predicted octanol–water partition coefficient (Wildman–Crippen LogP) is 2.18. The predicted molar refractivity (Wildman–Crippen MR) is 56.7 cm³/mol. The standard InChI is InChI=1S/C12H12O3/c1-8(12(13)14)9-6-7-15-11-5-3-2-4-10(9)11/h2-6,8H,7H2,1H3,(H,13,14). The topological polar surface area (TPSA) is 46.5 Å². The van der Waals surface area contributed by atoms with Crippen molar-refractivity contribution in [3.8, 4) is 5.75 Å². The first-order valence-electron chi connectivity index (χ1n) is 4.85. The zero-order valence-electron chi connectivity index (χ0n) is 8.43. The maximum atomic E-state index is 10.9. The summed E-state index contributed by atoms with van der Waals surface area (Å²) in [6, 6.07) is 7.51. The zero-order valence-corrected chi connectivity index (χ0v) is 8.43. The fourth-order valence-corrected chi connectivity index (χ4v) is 1.71. The van der Waals surface area contributed by atoms with E-state index >= 15 is 0 Å². The first-order valence-corrected chi connectivity index (χ1v) is 4.85. The molecule has 0 radical (unpaired) electrons. The quantitative estimate of drug-likeness (QED) is 0.803. The van der Waals surface area contributed by atoms with Crippen molar-refractivity contribution in [1.82, 2.24) is 0 Å². The maximum Gasteiger partial charge on any atom is 0.310 e. The van der Waals surface area contributed by atoms with Crippen LogP contribution in [0.2, 0.25) is 0 Å². The molecule has 1 aliphatic heterocycles. The molecule has 1 N–H and O–H groups in total. The van der Waals surface area contributed by atoms with Gasteiger partial charge in [0.1, 0.15) is 12.4 Å². The number of para-hydroxylation sites is 1. The molecule has 1 unspecified atom stereocenters. The average molecular weight is 204 g/mol. The molecule has 0 bridgehead atoms. The zero-order chi connectivity index (χ0) is 10.8. The van der Waals surface area contributed by atoms with E-state index in [4.69, 9.17) is 9.84 Å². The van der Waals surface area contributed by atoms with Gasteiger partial charge in [-0.3, -0.25) is 4.79 Å². The third-order valence-corrected chi connectivity index (χ3v) is 2.58. The van der Waals surface area contributed by atoms with Gasteiger partial charge in [-0.1, -0.05) is 18.2 Å². The number of hydrogen-bond donors (Lipinski definition) is 1. The number of aliphatic carboxylic acids is 1. The largest absolute Gasteiger partial charge is 0.489 e. The molecular formula is C12H12O3. The molecule has 0 aliphatic carbocycles. The summed E-state index contributed by atoms with van der Waals surface area (Å²) in [5, 5.41) is 8.98. The Balaban J connectivity index is 2.42. The van der Waals surface area contributed by atoms with Crippen LogP contribution in [-0.4, -0.2) is 17.7 Å². The second kappa shape index (κ2) is 3.77. The Morgan fingerprint density at radius 1 is 1.47 bits per heavy atom. The van der Waals surface area contributed by atoms with Crippen LogP contribution in [0.3, 0.4) is 0 Å². The number of carboxylic acid groups (broad SMARTS) is 1. The van der Waals surface area contributed by atoms with E-state index in [0.717, 1.165) is 16.9 Å².